The van der Waals surface area contributed by atoms with E-state index >= 15 is 0 Å². The predicted octanol–water partition coefficient (Wildman–Crippen LogP) is 3.26. The summed E-state index contributed by atoms with van der Waals surface area (Å²) in [4.78, 5) is 5.35. The topological polar surface area (TPSA) is 33.0 Å². The molecule has 2 aromatic rings. The second-order valence-electron chi connectivity index (χ2n) is 8.00. The highest BCUT2D eigenvalue weighted by Crippen LogP contribution is 2.24. The average molecular weight is 468 g/mol. The van der Waals surface area contributed by atoms with Crippen LogP contribution in [0.2, 0.25) is 0 Å². The number of ether oxygens (including phenoxy) is 1. The van der Waals surface area contributed by atoms with Gasteiger partial charge in [-0.2, -0.15) is 5.10 Å². The maximum atomic E-state index is 5.53. The normalized spacial score (nSPS) is 26.6. The predicted molar refractivity (Wildman–Crippen MR) is 112 cm³/mol. The van der Waals surface area contributed by atoms with Gasteiger partial charge in [0.1, 0.15) is 0 Å². The molecular formula is C20H29IN4O. The largest absolute Gasteiger partial charge is 0.381 e. The molecule has 2 aliphatic rings. The van der Waals surface area contributed by atoms with Crippen molar-refractivity contribution < 1.29 is 4.74 Å². The first-order chi connectivity index (χ1) is 12.6. The van der Waals surface area contributed by atoms with Gasteiger partial charge < -0.3 is 4.74 Å². The Morgan fingerprint density at radius 2 is 1.92 bits per heavy atom. The number of hydrogen-bond acceptors (Lipinski definition) is 4. The van der Waals surface area contributed by atoms with E-state index in [2.05, 4.69) is 69.7 Å². The maximum Gasteiger partial charge on any atom is 0.0798 e. The van der Waals surface area contributed by atoms with Crippen LogP contribution in [0.1, 0.15) is 32.3 Å². The van der Waals surface area contributed by atoms with Crippen LogP contribution in [-0.4, -0.2) is 64.3 Å². The molecule has 142 valence electrons. The van der Waals surface area contributed by atoms with Crippen molar-refractivity contribution in [3.05, 3.63) is 33.7 Å². The van der Waals surface area contributed by atoms with Crippen molar-refractivity contribution in [1.29, 1.82) is 0 Å². The Morgan fingerprint density at radius 1 is 1.19 bits per heavy atom. The van der Waals surface area contributed by atoms with E-state index in [-0.39, 0.29) is 0 Å². The fourth-order valence-corrected chi connectivity index (χ4v) is 5.06. The molecule has 4 heterocycles. The molecule has 2 saturated heterocycles. The van der Waals surface area contributed by atoms with Gasteiger partial charge in [-0.05, 0) is 72.9 Å². The van der Waals surface area contributed by atoms with Gasteiger partial charge in [-0.1, -0.05) is 0 Å². The third-order valence-corrected chi connectivity index (χ3v) is 6.76. The molecule has 6 heteroatoms. The molecule has 0 aliphatic carbocycles. The minimum atomic E-state index is 0.612. The van der Waals surface area contributed by atoms with Gasteiger partial charge >= 0.3 is 0 Å². The van der Waals surface area contributed by atoms with Crippen LogP contribution in [-0.2, 0) is 11.3 Å². The summed E-state index contributed by atoms with van der Waals surface area (Å²) in [7, 11) is 0. The molecule has 0 spiro atoms. The molecule has 26 heavy (non-hydrogen) atoms. The van der Waals surface area contributed by atoms with Crippen molar-refractivity contribution in [1.82, 2.24) is 19.4 Å². The minimum Gasteiger partial charge on any atom is -0.381 e. The fourth-order valence-electron chi connectivity index (χ4n) is 4.53. The van der Waals surface area contributed by atoms with Gasteiger partial charge in [0.25, 0.3) is 0 Å². The molecule has 0 N–H and O–H groups in total. The second kappa shape index (κ2) is 8.12. The number of pyridine rings is 1. The van der Waals surface area contributed by atoms with Gasteiger partial charge in [-0.15, -0.1) is 0 Å². The molecule has 4 rings (SSSR count). The Kier molecular flexibility index (Phi) is 5.83. The SMILES string of the molecule is C[C@@H]1CN(Cc2ccn3ncc(I)c3c2)C[C@H](C)N1CC1CCOCC1. The number of rotatable bonds is 4. The summed E-state index contributed by atoms with van der Waals surface area (Å²) in [5.74, 6) is 0.812. The van der Waals surface area contributed by atoms with Crippen molar-refractivity contribution in [3.8, 4) is 0 Å². The van der Waals surface area contributed by atoms with Crippen LogP contribution < -0.4 is 0 Å². The Bertz CT molecular complexity index is 730. The quantitative estimate of drug-likeness (QED) is 0.646. The summed E-state index contributed by atoms with van der Waals surface area (Å²) < 4.78 is 8.70. The molecule has 0 unspecified atom stereocenters. The zero-order chi connectivity index (χ0) is 18.1. The Hall–Kier alpha value is -0.700. The molecule has 0 radical (unpaired) electrons. The summed E-state index contributed by atoms with van der Waals surface area (Å²) in [5.41, 5.74) is 2.59. The number of piperazine rings is 1. The molecule has 2 aromatic heterocycles. The van der Waals surface area contributed by atoms with E-state index in [4.69, 9.17) is 4.74 Å². The smallest absolute Gasteiger partial charge is 0.0798 e. The molecule has 0 bridgehead atoms. The minimum absolute atomic E-state index is 0.612. The highest BCUT2D eigenvalue weighted by atomic mass is 127. The van der Waals surface area contributed by atoms with E-state index in [9.17, 15) is 0 Å². The second-order valence-corrected chi connectivity index (χ2v) is 9.16. The van der Waals surface area contributed by atoms with E-state index < -0.39 is 0 Å². The van der Waals surface area contributed by atoms with Gasteiger partial charge in [-0.3, -0.25) is 9.80 Å². The van der Waals surface area contributed by atoms with Crippen molar-refractivity contribution in [2.24, 2.45) is 5.92 Å². The van der Waals surface area contributed by atoms with Gasteiger partial charge in [0.2, 0.25) is 0 Å². The molecule has 0 aromatic carbocycles. The van der Waals surface area contributed by atoms with Crippen LogP contribution >= 0.6 is 22.6 Å². The lowest BCUT2D eigenvalue weighted by Crippen LogP contribution is -2.57. The van der Waals surface area contributed by atoms with Crippen LogP contribution in [0.3, 0.4) is 0 Å². The van der Waals surface area contributed by atoms with E-state index in [0.29, 0.717) is 12.1 Å². The van der Waals surface area contributed by atoms with Gasteiger partial charge in [0.15, 0.2) is 0 Å². The molecule has 2 fully saturated rings. The first kappa shape index (κ1) is 18.7. The lowest BCUT2D eigenvalue weighted by Gasteiger charge is -2.46. The van der Waals surface area contributed by atoms with E-state index in [1.165, 1.54) is 34.0 Å². The average Bonchev–Trinajstić information content (AvgIpc) is 3.00. The Balaban J connectivity index is 1.39. The number of hydrogen-bond donors (Lipinski definition) is 0. The third kappa shape index (κ3) is 4.08. The van der Waals surface area contributed by atoms with Crippen molar-refractivity contribution in [2.75, 3.05) is 32.8 Å². The zero-order valence-electron chi connectivity index (χ0n) is 15.8. The fraction of sp³-hybridized carbons (Fsp3) is 0.650. The Morgan fingerprint density at radius 3 is 2.65 bits per heavy atom. The van der Waals surface area contributed by atoms with Gasteiger partial charge in [-0.25, -0.2) is 4.52 Å². The molecule has 0 amide bonds. The van der Waals surface area contributed by atoms with E-state index in [1.807, 2.05) is 10.7 Å². The standard InChI is InChI=1S/C20H29IN4O/c1-15-11-23(12-16(2)24(15)14-17-4-7-26-8-5-17)13-18-3-6-25-20(9-18)19(21)10-22-25/h3,6,9-10,15-17H,4-5,7-8,11-14H2,1-2H3/t15-,16+. The number of nitrogens with zero attached hydrogens (tertiary/aromatic N) is 4. The van der Waals surface area contributed by atoms with E-state index in [0.717, 1.165) is 38.8 Å². The van der Waals surface area contributed by atoms with Crippen LogP contribution in [0.4, 0.5) is 0 Å². The number of halogens is 1. The molecule has 2 aliphatic heterocycles. The zero-order valence-corrected chi connectivity index (χ0v) is 17.9. The summed E-state index contributed by atoms with van der Waals surface area (Å²) in [6, 6.07) is 5.72. The lowest BCUT2D eigenvalue weighted by atomic mass is 9.96. The summed E-state index contributed by atoms with van der Waals surface area (Å²) in [6.07, 6.45) is 6.47. The summed E-state index contributed by atoms with van der Waals surface area (Å²) >= 11 is 2.36. The summed E-state index contributed by atoms with van der Waals surface area (Å²) in [6.45, 7) is 11.2. The van der Waals surface area contributed by atoms with Gasteiger partial charge in [0.05, 0.1) is 15.3 Å². The molecule has 5 nitrogen and oxygen atoms in total. The van der Waals surface area contributed by atoms with Crippen LogP contribution in [0.25, 0.3) is 5.52 Å². The molecule has 2 atom stereocenters. The maximum absolute atomic E-state index is 5.53. The van der Waals surface area contributed by atoms with Crippen LogP contribution in [0.5, 0.6) is 0 Å². The van der Waals surface area contributed by atoms with Crippen molar-refractivity contribution in [2.45, 2.75) is 45.3 Å². The highest BCUT2D eigenvalue weighted by Gasteiger charge is 2.31. The lowest BCUT2D eigenvalue weighted by molar-refractivity contribution is -0.000539. The molecule has 0 saturated carbocycles. The Labute approximate surface area is 169 Å². The molecular weight excluding hydrogens is 439 g/mol. The van der Waals surface area contributed by atoms with Crippen molar-refractivity contribution in [3.63, 3.8) is 0 Å². The number of fused-ring (bicyclic) bond motifs is 1. The summed E-state index contributed by atoms with van der Waals surface area (Å²) in [5, 5.41) is 4.38. The first-order valence-corrected chi connectivity index (χ1v) is 10.9. The van der Waals surface area contributed by atoms with Crippen LogP contribution in [0.15, 0.2) is 24.5 Å². The number of aromatic nitrogens is 2. The van der Waals surface area contributed by atoms with Gasteiger partial charge in [0, 0.05) is 57.7 Å². The van der Waals surface area contributed by atoms with E-state index in [1.54, 1.807) is 0 Å². The highest BCUT2D eigenvalue weighted by molar-refractivity contribution is 14.1. The van der Waals surface area contributed by atoms with Crippen molar-refractivity contribution >= 4 is 28.1 Å². The third-order valence-electron chi connectivity index (χ3n) is 5.93. The van der Waals surface area contributed by atoms with Crippen LogP contribution in [0, 0.1) is 9.49 Å². The first-order valence-electron chi connectivity index (χ1n) is 9.78. The monoisotopic (exact) mass is 468 g/mol.